The standard InChI is InChI=1S/C11H7BrN4O2/c12-10-7-15(14-11(10)16(17)18)6-9-3-1-2-8(4-9)5-13/h1-4,7H,6H2. The van der Waals surface area contributed by atoms with E-state index in [0.717, 1.165) is 5.56 Å². The van der Waals surface area contributed by atoms with Gasteiger partial charge >= 0.3 is 5.82 Å². The Morgan fingerprint density at radius 2 is 2.33 bits per heavy atom. The summed E-state index contributed by atoms with van der Waals surface area (Å²) in [5.41, 5.74) is 1.41. The van der Waals surface area contributed by atoms with E-state index in [1.807, 2.05) is 12.1 Å². The molecule has 6 nitrogen and oxygen atoms in total. The zero-order chi connectivity index (χ0) is 13.1. The topological polar surface area (TPSA) is 84.8 Å². The first-order valence-electron chi connectivity index (χ1n) is 4.96. The summed E-state index contributed by atoms with van der Waals surface area (Å²) in [5, 5.41) is 23.3. The molecule has 0 aliphatic carbocycles. The van der Waals surface area contributed by atoms with Crippen molar-refractivity contribution in [1.82, 2.24) is 9.78 Å². The first kappa shape index (κ1) is 12.3. The van der Waals surface area contributed by atoms with E-state index in [0.29, 0.717) is 16.6 Å². The van der Waals surface area contributed by atoms with Crippen LogP contribution in [0.15, 0.2) is 34.9 Å². The molecule has 0 atom stereocenters. The minimum atomic E-state index is -0.549. The van der Waals surface area contributed by atoms with E-state index in [4.69, 9.17) is 5.26 Å². The normalized spacial score (nSPS) is 10.0. The van der Waals surface area contributed by atoms with Crippen molar-refractivity contribution in [3.63, 3.8) is 0 Å². The van der Waals surface area contributed by atoms with Gasteiger partial charge in [-0.2, -0.15) is 9.94 Å². The van der Waals surface area contributed by atoms with Crippen molar-refractivity contribution in [2.24, 2.45) is 0 Å². The van der Waals surface area contributed by atoms with E-state index < -0.39 is 4.92 Å². The molecule has 2 aromatic rings. The summed E-state index contributed by atoms with van der Waals surface area (Å²) in [6.45, 7) is 0.377. The van der Waals surface area contributed by atoms with Crippen molar-refractivity contribution >= 4 is 21.7 Å². The van der Waals surface area contributed by atoms with Crippen molar-refractivity contribution in [3.05, 3.63) is 56.2 Å². The van der Waals surface area contributed by atoms with E-state index >= 15 is 0 Å². The number of halogens is 1. The zero-order valence-corrected chi connectivity index (χ0v) is 10.7. The maximum absolute atomic E-state index is 10.6. The Morgan fingerprint density at radius 3 is 2.94 bits per heavy atom. The third-order valence-corrected chi connectivity index (χ3v) is 2.83. The molecule has 0 fully saturated rings. The van der Waals surface area contributed by atoms with Gasteiger partial charge in [0.25, 0.3) is 0 Å². The predicted molar refractivity (Wildman–Crippen MR) is 66.8 cm³/mol. The zero-order valence-electron chi connectivity index (χ0n) is 9.08. The molecule has 0 spiro atoms. The van der Waals surface area contributed by atoms with Crippen molar-refractivity contribution in [1.29, 1.82) is 5.26 Å². The summed E-state index contributed by atoms with van der Waals surface area (Å²) in [5.74, 6) is -0.216. The van der Waals surface area contributed by atoms with Crippen LogP contribution in [0.1, 0.15) is 11.1 Å². The smallest absolute Gasteiger partial charge is 0.358 e. The highest BCUT2D eigenvalue weighted by Crippen LogP contribution is 2.22. The molecule has 18 heavy (non-hydrogen) atoms. The number of aromatic nitrogens is 2. The van der Waals surface area contributed by atoms with Crippen LogP contribution in [0.3, 0.4) is 0 Å². The lowest BCUT2D eigenvalue weighted by molar-refractivity contribution is -0.390. The summed E-state index contributed by atoms with van der Waals surface area (Å²) in [6.07, 6.45) is 1.54. The number of nitro groups is 1. The Bertz CT molecular complexity index is 645. The van der Waals surface area contributed by atoms with Crippen LogP contribution < -0.4 is 0 Å². The van der Waals surface area contributed by atoms with Gasteiger partial charge in [0.2, 0.25) is 0 Å². The summed E-state index contributed by atoms with van der Waals surface area (Å²) in [4.78, 5) is 10.1. The van der Waals surface area contributed by atoms with Crippen LogP contribution >= 0.6 is 15.9 Å². The monoisotopic (exact) mass is 306 g/mol. The molecule has 0 saturated heterocycles. The molecule has 0 radical (unpaired) electrons. The van der Waals surface area contributed by atoms with Gasteiger partial charge in [0.15, 0.2) is 0 Å². The highest BCUT2D eigenvalue weighted by atomic mass is 79.9. The molecule has 1 aromatic heterocycles. The average molecular weight is 307 g/mol. The molecule has 0 aliphatic heterocycles. The molecule has 0 saturated carbocycles. The van der Waals surface area contributed by atoms with Gasteiger partial charge in [-0.1, -0.05) is 12.1 Å². The van der Waals surface area contributed by atoms with Gasteiger partial charge in [0, 0.05) is 0 Å². The molecule has 1 aromatic carbocycles. The van der Waals surface area contributed by atoms with Crippen LogP contribution in [0.4, 0.5) is 5.82 Å². The van der Waals surface area contributed by atoms with Gasteiger partial charge in [0.05, 0.1) is 29.5 Å². The molecule has 7 heteroatoms. The van der Waals surface area contributed by atoms with Gasteiger partial charge in [-0.15, -0.1) is 0 Å². The van der Waals surface area contributed by atoms with Gasteiger partial charge in [0.1, 0.15) is 4.47 Å². The third-order valence-electron chi connectivity index (χ3n) is 2.27. The van der Waals surface area contributed by atoms with Crippen LogP contribution in [0.2, 0.25) is 0 Å². The minimum Gasteiger partial charge on any atom is -0.358 e. The van der Waals surface area contributed by atoms with Crippen LogP contribution in [0, 0.1) is 21.4 Å². The quantitative estimate of drug-likeness (QED) is 0.644. The van der Waals surface area contributed by atoms with Crippen molar-refractivity contribution in [2.75, 3.05) is 0 Å². The lowest BCUT2D eigenvalue weighted by Crippen LogP contribution is -2.01. The van der Waals surface area contributed by atoms with E-state index in [1.54, 1.807) is 18.2 Å². The second kappa shape index (κ2) is 4.98. The number of nitriles is 1. The molecule has 0 amide bonds. The molecule has 0 N–H and O–H groups in total. The molecule has 0 aliphatic rings. The maximum atomic E-state index is 10.6. The SMILES string of the molecule is N#Cc1cccc(Cn2cc(Br)c([N+](=O)[O-])n2)c1. The highest BCUT2D eigenvalue weighted by Gasteiger charge is 2.18. The fourth-order valence-corrected chi connectivity index (χ4v) is 1.98. The average Bonchev–Trinajstić information content (AvgIpc) is 2.70. The minimum absolute atomic E-state index is 0.216. The number of nitrogens with zero attached hydrogens (tertiary/aromatic N) is 4. The Hall–Kier alpha value is -2.20. The summed E-state index contributed by atoms with van der Waals surface area (Å²) in [6, 6.07) is 9.06. The fourth-order valence-electron chi connectivity index (χ4n) is 1.52. The molecule has 0 bridgehead atoms. The van der Waals surface area contributed by atoms with Gasteiger partial charge in [-0.05, 0) is 38.5 Å². The van der Waals surface area contributed by atoms with Crippen LogP contribution in [0.25, 0.3) is 0 Å². The molecule has 0 unspecified atom stereocenters. The Balaban J connectivity index is 2.26. The maximum Gasteiger partial charge on any atom is 0.404 e. The van der Waals surface area contributed by atoms with Crippen molar-refractivity contribution in [3.8, 4) is 6.07 Å². The second-order valence-corrected chi connectivity index (χ2v) is 4.42. The molecular formula is C11H7BrN4O2. The molecule has 90 valence electrons. The Labute approximate surface area is 111 Å². The van der Waals surface area contributed by atoms with E-state index in [1.165, 1.54) is 10.9 Å². The van der Waals surface area contributed by atoms with Crippen molar-refractivity contribution in [2.45, 2.75) is 6.54 Å². The lowest BCUT2D eigenvalue weighted by atomic mass is 10.1. The van der Waals surface area contributed by atoms with Crippen molar-refractivity contribution < 1.29 is 4.92 Å². The largest absolute Gasteiger partial charge is 0.404 e. The van der Waals surface area contributed by atoms with Gasteiger partial charge in [-0.3, -0.25) is 0 Å². The third kappa shape index (κ3) is 2.55. The Kier molecular flexibility index (Phi) is 3.39. The van der Waals surface area contributed by atoms with Gasteiger partial charge < -0.3 is 10.1 Å². The number of hydrogen-bond donors (Lipinski definition) is 0. The van der Waals surface area contributed by atoms with Crippen LogP contribution in [-0.4, -0.2) is 14.7 Å². The lowest BCUT2D eigenvalue weighted by Gasteiger charge is -1.98. The number of rotatable bonds is 3. The number of hydrogen-bond acceptors (Lipinski definition) is 4. The predicted octanol–water partition coefficient (Wildman–Crippen LogP) is 2.47. The molecule has 2 rings (SSSR count). The Morgan fingerprint density at radius 1 is 1.56 bits per heavy atom. The molecule has 1 heterocycles. The first-order valence-corrected chi connectivity index (χ1v) is 5.76. The van der Waals surface area contributed by atoms with Gasteiger partial charge in [-0.25, -0.2) is 0 Å². The fraction of sp³-hybridized carbons (Fsp3) is 0.0909. The summed E-state index contributed by atoms with van der Waals surface area (Å²) >= 11 is 3.08. The van der Waals surface area contributed by atoms with Crippen LogP contribution in [-0.2, 0) is 6.54 Å². The summed E-state index contributed by atoms with van der Waals surface area (Å²) in [7, 11) is 0. The number of benzene rings is 1. The summed E-state index contributed by atoms with van der Waals surface area (Å²) < 4.78 is 1.79. The highest BCUT2D eigenvalue weighted by molar-refractivity contribution is 9.10. The molecular weight excluding hydrogens is 300 g/mol. The van der Waals surface area contributed by atoms with E-state index in [9.17, 15) is 10.1 Å². The van der Waals surface area contributed by atoms with Crippen LogP contribution in [0.5, 0.6) is 0 Å². The first-order chi connectivity index (χ1) is 8.60. The van der Waals surface area contributed by atoms with E-state index in [-0.39, 0.29) is 5.82 Å². The second-order valence-electron chi connectivity index (χ2n) is 3.57. The van der Waals surface area contributed by atoms with E-state index in [2.05, 4.69) is 21.0 Å².